The van der Waals surface area contributed by atoms with Crippen molar-refractivity contribution in [3.8, 4) is 5.75 Å². The van der Waals surface area contributed by atoms with Crippen LogP contribution in [0, 0.1) is 12.3 Å². The van der Waals surface area contributed by atoms with E-state index < -0.39 is 5.41 Å². The lowest BCUT2D eigenvalue weighted by atomic mass is 9.94. The van der Waals surface area contributed by atoms with Crippen LogP contribution in [0.25, 0.3) is 12.2 Å². The Morgan fingerprint density at radius 2 is 2.16 bits per heavy atom. The van der Waals surface area contributed by atoms with Crippen LogP contribution in [0.2, 0.25) is 0 Å². The molecular formula is C25H29N3O4. The molecule has 0 radical (unpaired) electrons. The third kappa shape index (κ3) is 4.07. The van der Waals surface area contributed by atoms with Gasteiger partial charge in [0.15, 0.2) is 11.6 Å². The lowest BCUT2D eigenvalue weighted by molar-refractivity contribution is -0.127. The van der Waals surface area contributed by atoms with Gasteiger partial charge in [-0.2, -0.15) is 0 Å². The first-order valence-electron chi connectivity index (χ1n) is 10.9. The van der Waals surface area contributed by atoms with Crippen molar-refractivity contribution < 1.29 is 18.7 Å². The van der Waals surface area contributed by atoms with Gasteiger partial charge in [0.1, 0.15) is 18.1 Å². The number of nitrogens with zero attached hydrogens (tertiary/aromatic N) is 2. The van der Waals surface area contributed by atoms with Gasteiger partial charge < -0.3 is 19.4 Å². The van der Waals surface area contributed by atoms with E-state index in [4.69, 9.17) is 9.15 Å². The van der Waals surface area contributed by atoms with Gasteiger partial charge in [0.25, 0.3) is 0 Å². The van der Waals surface area contributed by atoms with E-state index in [9.17, 15) is 9.59 Å². The molecule has 0 aromatic carbocycles. The molecule has 2 aromatic rings. The summed E-state index contributed by atoms with van der Waals surface area (Å²) in [6, 6.07) is 1.57. The first-order chi connectivity index (χ1) is 15.2. The summed E-state index contributed by atoms with van der Waals surface area (Å²) in [4.78, 5) is 31.0. The fraction of sp³-hybridized carbons (Fsp3) is 0.400. The van der Waals surface area contributed by atoms with Gasteiger partial charge in [-0.3, -0.25) is 9.59 Å². The van der Waals surface area contributed by atoms with Gasteiger partial charge in [-0.1, -0.05) is 6.08 Å². The number of allylic oxidation sites excluding steroid dienone is 1. The molecule has 0 spiro atoms. The fourth-order valence-corrected chi connectivity index (χ4v) is 3.86. The topological polar surface area (TPSA) is 84.7 Å². The van der Waals surface area contributed by atoms with E-state index in [0.29, 0.717) is 17.1 Å². The van der Waals surface area contributed by atoms with Gasteiger partial charge in [0.2, 0.25) is 11.8 Å². The second-order valence-corrected chi connectivity index (χ2v) is 9.08. The van der Waals surface area contributed by atoms with Crippen LogP contribution in [0.15, 0.2) is 28.8 Å². The van der Waals surface area contributed by atoms with Crippen LogP contribution < -0.4 is 10.1 Å². The molecule has 1 N–H and O–H groups in total. The van der Waals surface area contributed by atoms with Crippen LogP contribution in [0.3, 0.4) is 0 Å². The molecule has 1 atom stereocenters. The van der Waals surface area contributed by atoms with Gasteiger partial charge in [-0.25, -0.2) is 4.98 Å². The monoisotopic (exact) mass is 435 g/mol. The number of hydrogen-bond donors (Lipinski definition) is 1. The van der Waals surface area contributed by atoms with Crippen LogP contribution in [-0.4, -0.2) is 35.4 Å². The second-order valence-electron chi connectivity index (χ2n) is 9.08. The summed E-state index contributed by atoms with van der Waals surface area (Å²) >= 11 is 0. The lowest BCUT2D eigenvalue weighted by Gasteiger charge is -2.22. The summed E-state index contributed by atoms with van der Waals surface area (Å²) in [7, 11) is 1.77. The van der Waals surface area contributed by atoms with Crippen molar-refractivity contribution in [2.45, 2.75) is 46.6 Å². The molecule has 7 heteroatoms. The highest BCUT2D eigenvalue weighted by Gasteiger charge is 2.33. The van der Waals surface area contributed by atoms with Crippen molar-refractivity contribution in [1.29, 1.82) is 0 Å². The Morgan fingerprint density at radius 3 is 2.91 bits per heavy atom. The number of aromatic nitrogens is 1. The minimum Gasteiger partial charge on any atom is -0.489 e. The molecule has 1 aliphatic heterocycles. The SMILES string of the molecule is Cc1c([C@@H](C)N(C)C(=O)/C=C/c2cnc3c(c2)OCC(C)(C)C(=O)N3)oc2c1CCC=C2. The Balaban J connectivity index is 1.48. The number of amides is 2. The predicted octanol–water partition coefficient (Wildman–Crippen LogP) is 4.53. The summed E-state index contributed by atoms with van der Waals surface area (Å²) in [5, 5.41) is 2.79. The Kier molecular flexibility index (Phi) is 5.67. The fourth-order valence-electron chi connectivity index (χ4n) is 3.86. The third-order valence-corrected chi connectivity index (χ3v) is 6.21. The third-order valence-electron chi connectivity index (χ3n) is 6.21. The number of carbonyl (C=O) groups excluding carboxylic acids is 2. The summed E-state index contributed by atoms with van der Waals surface area (Å²) in [5.41, 5.74) is 2.42. The Bertz CT molecular complexity index is 1130. The maximum Gasteiger partial charge on any atom is 0.246 e. The summed E-state index contributed by atoms with van der Waals surface area (Å²) in [6.45, 7) is 7.91. The Morgan fingerprint density at radius 1 is 1.38 bits per heavy atom. The van der Waals surface area contributed by atoms with Crippen molar-refractivity contribution in [1.82, 2.24) is 9.88 Å². The number of likely N-dealkylation sites (N-methyl/N-ethyl adjacent to an activating group) is 1. The first-order valence-corrected chi connectivity index (χ1v) is 10.9. The highest BCUT2D eigenvalue weighted by Crippen LogP contribution is 2.34. The average molecular weight is 436 g/mol. The molecule has 2 aliphatic rings. The van der Waals surface area contributed by atoms with Crippen molar-refractivity contribution in [2.24, 2.45) is 5.41 Å². The lowest BCUT2D eigenvalue weighted by Crippen LogP contribution is -2.33. The molecule has 3 heterocycles. The second kappa shape index (κ2) is 8.30. The predicted molar refractivity (Wildman–Crippen MR) is 123 cm³/mol. The largest absolute Gasteiger partial charge is 0.489 e. The van der Waals surface area contributed by atoms with Crippen molar-refractivity contribution in [2.75, 3.05) is 19.0 Å². The van der Waals surface area contributed by atoms with Gasteiger partial charge in [0.05, 0.1) is 11.5 Å². The van der Waals surface area contributed by atoms with Gasteiger partial charge in [0, 0.05) is 24.9 Å². The molecule has 0 saturated heterocycles. The molecule has 2 aromatic heterocycles. The highest BCUT2D eigenvalue weighted by atomic mass is 16.5. The van der Waals surface area contributed by atoms with Crippen molar-refractivity contribution in [3.63, 3.8) is 0 Å². The number of anilines is 1. The summed E-state index contributed by atoms with van der Waals surface area (Å²) < 4.78 is 11.9. The molecular weight excluding hydrogens is 406 g/mol. The van der Waals surface area contributed by atoms with Crippen LogP contribution in [0.1, 0.15) is 61.4 Å². The average Bonchev–Trinajstić information content (AvgIpc) is 3.06. The van der Waals surface area contributed by atoms with Crippen LogP contribution in [0.5, 0.6) is 5.75 Å². The van der Waals surface area contributed by atoms with Crippen LogP contribution in [0.4, 0.5) is 5.82 Å². The van der Waals surface area contributed by atoms with Gasteiger partial charge >= 0.3 is 0 Å². The maximum absolute atomic E-state index is 12.8. The zero-order valence-corrected chi connectivity index (χ0v) is 19.2. The van der Waals surface area contributed by atoms with E-state index >= 15 is 0 Å². The van der Waals surface area contributed by atoms with Gasteiger partial charge in [-0.05, 0) is 69.9 Å². The molecule has 32 heavy (non-hydrogen) atoms. The molecule has 0 fully saturated rings. The molecule has 7 nitrogen and oxygen atoms in total. The zero-order chi connectivity index (χ0) is 23.0. The van der Waals surface area contributed by atoms with E-state index in [1.807, 2.05) is 26.8 Å². The first kappa shape index (κ1) is 21.9. The number of furan rings is 1. The highest BCUT2D eigenvalue weighted by molar-refractivity contribution is 5.96. The number of nitrogens with one attached hydrogen (secondary N) is 1. The minimum atomic E-state index is -0.648. The van der Waals surface area contributed by atoms with E-state index in [-0.39, 0.29) is 24.5 Å². The normalized spacial score (nSPS) is 17.7. The Labute approximate surface area is 188 Å². The van der Waals surface area contributed by atoms with Crippen molar-refractivity contribution >= 4 is 29.8 Å². The molecule has 168 valence electrons. The summed E-state index contributed by atoms with van der Waals surface area (Å²) in [6.07, 6.45) is 10.9. The smallest absolute Gasteiger partial charge is 0.246 e. The van der Waals surface area contributed by atoms with E-state index in [0.717, 1.165) is 29.9 Å². The standard InChI is InChI=1S/C25H29N3O4/c1-15-18-8-6-7-9-19(18)32-22(15)16(2)28(5)21(29)11-10-17-12-20-23(26-13-17)27-24(30)25(3,4)14-31-20/h7,9-13,16H,6,8,14H2,1-5H3,(H,26,27,30)/b11-10+/t16-/m1/s1. The van der Waals surface area contributed by atoms with Crippen LogP contribution in [-0.2, 0) is 16.0 Å². The molecule has 0 saturated carbocycles. The van der Waals surface area contributed by atoms with E-state index in [2.05, 4.69) is 23.3 Å². The molecule has 2 amide bonds. The van der Waals surface area contributed by atoms with Gasteiger partial charge in [-0.15, -0.1) is 0 Å². The van der Waals surface area contributed by atoms with E-state index in [1.54, 1.807) is 30.3 Å². The molecule has 1 aliphatic carbocycles. The van der Waals surface area contributed by atoms with Crippen LogP contribution >= 0.6 is 0 Å². The number of carbonyl (C=O) groups is 2. The number of fused-ring (bicyclic) bond motifs is 2. The molecule has 0 unspecified atom stereocenters. The number of ether oxygens (including phenoxy) is 1. The maximum atomic E-state index is 12.8. The molecule has 4 rings (SSSR count). The van der Waals surface area contributed by atoms with E-state index in [1.165, 1.54) is 11.6 Å². The number of pyridine rings is 1. The summed E-state index contributed by atoms with van der Waals surface area (Å²) in [5.74, 6) is 2.32. The number of rotatable bonds is 4. The molecule has 0 bridgehead atoms. The zero-order valence-electron chi connectivity index (χ0n) is 19.2. The Hall–Kier alpha value is -3.35. The number of hydrogen-bond acceptors (Lipinski definition) is 5. The quantitative estimate of drug-likeness (QED) is 0.713. The van der Waals surface area contributed by atoms with Crippen molar-refractivity contribution in [3.05, 3.63) is 52.6 Å². The minimum absolute atomic E-state index is 0.136.